The van der Waals surface area contributed by atoms with Crippen molar-refractivity contribution in [1.29, 1.82) is 0 Å². The number of pyridine rings is 1. The van der Waals surface area contributed by atoms with Gasteiger partial charge in [-0.2, -0.15) is 0 Å². The lowest BCUT2D eigenvalue weighted by Gasteiger charge is -2.28. The Bertz CT molecular complexity index is 738. The Hall–Kier alpha value is -1.88. The molecule has 2 aromatic heterocycles. The van der Waals surface area contributed by atoms with Crippen LogP contribution < -0.4 is 10.6 Å². The Morgan fingerprint density at radius 3 is 2.82 bits per heavy atom. The molecule has 5 heteroatoms. The van der Waals surface area contributed by atoms with Crippen LogP contribution in [0.15, 0.2) is 24.5 Å². The Balaban J connectivity index is 1.61. The number of aromatic nitrogens is 2. The van der Waals surface area contributed by atoms with Crippen molar-refractivity contribution >= 4 is 11.6 Å². The van der Waals surface area contributed by atoms with Crippen molar-refractivity contribution in [2.75, 3.05) is 13.1 Å². The van der Waals surface area contributed by atoms with Crippen molar-refractivity contribution in [3.05, 3.63) is 35.8 Å². The molecular formula is C17H22N4O. The maximum atomic E-state index is 12.6. The van der Waals surface area contributed by atoms with Crippen LogP contribution in [-0.2, 0) is 10.3 Å². The van der Waals surface area contributed by atoms with Crippen LogP contribution in [-0.4, -0.2) is 28.4 Å². The first kappa shape index (κ1) is 13.8. The van der Waals surface area contributed by atoms with Gasteiger partial charge in [0.05, 0.1) is 5.54 Å². The van der Waals surface area contributed by atoms with Gasteiger partial charge in [0.25, 0.3) is 0 Å². The van der Waals surface area contributed by atoms with Crippen LogP contribution in [0.5, 0.6) is 0 Å². The highest BCUT2D eigenvalue weighted by molar-refractivity contribution is 5.83. The average molecular weight is 298 g/mol. The molecule has 2 N–H and O–H groups in total. The molecule has 1 saturated heterocycles. The Morgan fingerprint density at radius 1 is 1.36 bits per heavy atom. The van der Waals surface area contributed by atoms with Crippen molar-refractivity contribution < 1.29 is 4.79 Å². The van der Waals surface area contributed by atoms with Crippen LogP contribution >= 0.6 is 0 Å². The smallest absolute Gasteiger partial charge is 0.224 e. The van der Waals surface area contributed by atoms with E-state index in [9.17, 15) is 4.79 Å². The van der Waals surface area contributed by atoms with Crippen molar-refractivity contribution in [3.63, 3.8) is 0 Å². The molecule has 1 aliphatic carbocycles. The molecule has 1 aliphatic heterocycles. The fourth-order valence-corrected chi connectivity index (χ4v) is 3.90. The van der Waals surface area contributed by atoms with Crippen LogP contribution in [0.3, 0.4) is 0 Å². The van der Waals surface area contributed by atoms with Gasteiger partial charge in [-0.1, -0.05) is 6.07 Å². The zero-order valence-corrected chi connectivity index (χ0v) is 13.3. The minimum absolute atomic E-state index is 0.187. The van der Waals surface area contributed by atoms with E-state index in [1.54, 1.807) is 6.20 Å². The third-order valence-electron chi connectivity index (χ3n) is 5.26. The summed E-state index contributed by atoms with van der Waals surface area (Å²) in [4.78, 5) is 17.1. The molecule has 5 nitrogen and oxygen atoms in total. The highest BCUT2D eigenvalue weighted by atomic mass is 16.2. The molecule has 22 heavy (non-hydrogen) atoms. The molecule has 0 radical (unpaired) electrons. The lowest BCUT2D eigenvalue weighted by atomic mass is 9.94. The van der Waals surface area contributed by atoms with Gasteiger partial charge in [0, 0.05) is 29.6 Å². The molecule has 1 saturated carbocycles. The number of rotatable bonds is 3. The average Bonchev–Trinajstić information content (AvgIpc) is 2.85. The molecular weight excluding hydrogens is 276 g/mol. The molecule has 1 amide bonds. The van der Waals surface area contributed by atoms with Gasteiger partial charge < -0.3 is 15.0 Å². The number of hydrogen-bond acceptors (Lipinski definition) is 3. The minimum atomic E-state index is -0.429. The summed E-state index contributed by atoms with van der Waals surface area (Å²) in [6.07, 6.45) is 3.77. The third-order valence-corrected chi connectivity index (χ3v) is 5.26. The first-order valence-electron chi connectivity index (χ1n) is 7.95. The number of aryl methyl sites for hydroxylation is 1. The molecule has 0 aromatic carbocycles. The van der Waals surface area contributed by atoms with E-state index in [1.165, 1.54) is 0 Å². The fourth-order valence-electron chi connectivity index (χ4n) is 3.90. The highest BCUT2D eigenvalue weighted by Crippen LogP contribution is 2.49. The van der Waals surface area contributed by atoms with Gasteiger partial charge in [-0.05, 0) is 51.8 Å². The monoisotopic (exact) mass is 298 g/mol. The maximum Gasteiger partial charge on any atom is 0.224 e. The molecule has 2 aliphatic rings. The first-order valence-corrected chi connectivity index (χ1v) is 7.95. The molecule has 2 aromatic rings. The zero-order valence-electron chi connectivity index (χ0n) is 13.3. The second-order valence-corrected chi connectivity index (χ2v) is 7.14. The van der Waals surface area contributed by atoms with Crippen molar-refractivity contribution in [2.45, 2.75) is 26.3 Å². The van der Waals surface area contributed by atoms with Crippen LogP contribution in [0, 0.1) is 24.7 Å². The molecule has 0 spiro atoms. The van der Waals surface area contributed by atoms with E-state index >= 15 is 0 Å². The predicted octanol–water partition coefficient (Wildman–Crippen LogP) is 1.46. The Kier molecular flexibility index (Phi) is 2.85. The maximum absolute atomic E-state index is 12.6. The number of nitrogens with one attached hydrogen (secondary N) is 2. The molecule has 0 bridgehead atoms. The summed E-state index contributed by atoms with van der Waals surface area (Å²) in [5.41, 5.74) is 2.69. The van der Waals surface area contributed by atoms with Gasteiger partial charge in [0.2, 0.25) is 5.91 Å². The second-order valence-electron chi connectivity index (χ2n) is 7.14. The number of hydrogen-bond donors (Lipinski definition) is 2. The van der Waals surface area contributed by atoms with Crippen molar-refractivity contribution in [1.82, 2.24) is 20.0 Å². The summed E-state index contributed by atoms with van der Waals surface area (Å²) in [6, 6.07) is 4.15. The summed E-state index contributed by atoms with van der Waals surface area (Å²) in [5.74, 6) is 1.47. The lowest BCUT2D eigenvalue weighted by molar-refractivity contribution is -0.124. The fraction of sp³-hybridized carbons (Fsp3) is 0.529. The van der Waals surface area contributed by atoms with Crippen LogP contribution in [0.2, 0.25) is 0 Å². The molecule has 4 rings (SSSR count). The summed E-state index contributed by atoms with van der Waals surface area (Å²) >= 11 is 0. The number of fused-ring (bicyclic) bond motifs is 2. The summed E-state index contributed by atoms with van der Waals surface area (Å²) in [7, 11) is 0. The Labute approximate surface area is 130 Å². The van der Waals surface area contributed by atoms with Gasteiger partial charge in [0.1, 0.15) is 5.65 Å². The molecule has 3 heterocycles. The van der Waals surface area contributed by atoms with E-state index in [1.807, 2.05) is 6.20 Å². The number of amides is 1. The first-order chi connectivity index (χ1) is 10.5. The van der Waals surface area contributed by atoms with Gasteiger partial charge in [-0.3, -0.25) is 4.79 Å². The normalized spacial score (nSPS) is 27.0. The summed E-state index contributed by atoms with van der Waals surface area (Å²) in [5, 5.41) is 6.58. The van der Waals surface area contributed by atoms with Crippen LogP contribution in [0.25, 0.3) is 5.65 Å². The summed E-state index contributed by atoms with van der Waals surface area (Å²) in [6.45, 7) is 8.14. The predicted molar refractivity (Wildman–Crippen MR) is 84.4 cm³/mol. The Morgan fingerprint density at radius 2 is 2.09 bits per heavy atom. The van der Waals surface area contributed by atoms with Gasteiger partial charge >= 0.3 is 0 Å². The SMILES string of the molecule is Cc1ccc(C(C)(C)NC(=O)C2C3CNCC32)c2nccn12. The molecule has 2 unspecified atom stereocenters. The summed E-state index contributed by atoms with van der Waals surface area (Å²) < 4.78 is 2.07. The zero-order chi connectivity index (χ0) is 15.5. The van der Waals surface area contributed by atoms with Crippen LogP contribution in [0.4, 0.5) is 0 Å². The molecule has 2 atom stereocenters. The molecule has 2 fully saturated rings. The van der Waals surface area contributed by atoms with E-state index in [-0.39, 0.29) is 11.8 Å². The third kappa shape index (κ3) is 1.96. The van der Waals surface area contributed by atoms with Crippen molar-refractivity contribution in [2.24, 2.45) is 17.8 Å². The van der Waals surface area contributed by atoms with E-state index in [0.29, 0.717) is 11.8 Å². The largest absolute Gasteiger partial charge is 0.347 e. The molecule has 116 valence electrons. The topological polar surface area (TPSA) is 58.4 Å². The van der Waals surface area contributed by atoms with E-state index < -0.39 is 5.54 Å². The van der Waals surface area contributed by atoms with Gasteiger partial charge in [0.15, 0.2) is 0 Å². The number of carbonyl (C=O) groups excluding carboxylic acids is 1. The quantitative estimate of drug-likeness (QED) is 0.902. The second kappa shape index (κ2) is 4.56. The number of carbonyl (C=O) groups is 1. The number of nitrogens with zero attached hydrogens (tertiary/aromatic N) is 2. The number of imidazole rings is 1. The van der Waals surface area contributed by atoms with Crippen molar-refractivity contribution in [3.8, 4) is 0 Å². The van der Waals surface area contributed by atoms with Gasteiger partial charge in [-0.25, -0.2) is 4.98 Å². The minimum Gasteiger partial charge on any atom is -0.347 e. The standard InChI is InChI=1S/C17H22N4O/c1-10-4-5-13(15-19-6-7-21(10)15)17(2,3)20-16(22)14-11-8-18-9-12(11)14/h4-7,11-12,14,18H,8-9H2,1-3H3,(H,20,22). The van der Waals surface area contributed by atoms with Crippen LogP contribution in [0.1, 0.15) is 25.1 Å². The van der Waals surface area contributed by atoms with E-state index in [4.69, 9.17) is 0 Å². The lowest BCUT2D eigenvalue weighted by Crippen LogP contribution is -2.43. The van der Waals surface area contributed by atoms with E-state index in [2.05, 4.69) is 52.9 Å². The highest BCUT2D eigenvalue weighted by Gasteiger charge is 2.57. The van der Waals surface area contributed by atoms with E-state index in [0.717, 1.165) is 30.0 Å². The van der Waals surface area contributed by atoms with Gasteiger partial charge in [-0.15, -0.1) is 0 Å². The number of piperidine rings is 1.